The van der Waals surface area contributed by atoms with Gasteiger partial charge in [0.15, 0.2) is 4.90 Å². The zero-order valence-corrected chi connectivity index (χ0v) is 16.7. The number of hydrogen-bond donors (Lipinski definition) is 1. The molecule has 0 aliphatic heterocycles. The minimum absolute atomic E-state index is 0.227. The monoisotopic (exact) mass is 425 g/mol. The summed E-state index contributed by atoms with van der Waals surface area (Å²) in [4.78, 5) is 22.7. The average Bonchev–Trinajstić information content (AvgIpc) is 2.77. The van der Waals surface area contributed by atoms with E-state index in [0.29, 0.717) is 0 Å². The van der Waals surface area contributed by atoms with Crippen LogP contribution in [0.15, 0.2) is 89.8 Å². The van der Waals surface area contributed by atoms with Crippen molar-refractivity contribution in [1.82, 2.24) is 5.32 Å². The van der Waals surface area contributed by atoms with Crippen LogP contribution >= 0.6 is 0 Å². The zero-order chi connectivity index (χ0) is 21.6. The van der Waals surface area contributed by atoms with Gasteiger partial charge in [0.05, 0.1) is 10.6 Å². The normalized spacial score (nSPS) is 10.9. The van der Waals surface area contributed by atoms with Crippen molar-refractivity contribution in [2.75, 3.05) is 10.8 Å². The molecule has 0 saturated heterocycles. The number of rotatable bonds is 8. The lowest BCUT2D eigenvalue weighted by Crippen LogP contribution is -2.40. The zero-order valence-electron chi connectivity index (χ0n) is 15.8. The molecule has 0 heterocycles. The Morgan fingerprint density at radius 1 is 0.900 bits per heavy atom. The Kier molecular flexibility index (Phi) is 6.43. The van der Waals surface area contributed by atoms with Gasteiger partial charge in [-0.15, -0.1) is 0 Å². The summed E-state index contributed by atoms with van der Waals surface area (Å²) in [5.41, 5.74) is 0.535. The standard InChI is InChI=1S/C21H19N3O5S/c25-21(22-15-17-9-3-1-4-10-17)16-23(18-11-5-2-6-12-18)30(28,29)20-14-8-7-13-19(20)24(26)27/h1-14H,15-16H2,(H,22,25). The van der Waals surface area contributed by atoms with E-state index in [2.05, 4.69) is 5.32 Å². The van der Waals surface area contributed by atoms with Crippen molar-refractivity contribution in [2.45, 2.75) is 11.4 Å². The topological polar surface area (TPSA) is 110 Å². The van der Waals surface area contributed by atoms with Crippen molar-refractivity contribution in [1.29, 1.82) is 0 Å². The van der Waals surface area contributed by atoms with E-state index < -0.39 is 38.0 Å². The molecule has 154 valence electrons. The molecule has 0 aliphatic rings. The summed E-state index contributed by atoms with van der Waals surface area (Å²) in [6.45, 7) is -0.293. The van der Waals surface area contributed by atoms with Crippen LogP contribution in [0, 0.1) is 10.1 Å². The van der Waals surface area contributed by atoms with Crippen LogP contribution in [-0.4, -0.2) is 25.8 Å². The summed E-state index contributed by atoms with van der Waals surface area (Å²) >= 11 is 0. The van der Waals surface area contributed by atoms with E-state index in [0.717, 1.165) is 22.0 Å². The molecule has 0 aliphatic carbocycles. The molecule has 0 atom stereocenters. The Bertz CT molecular complexity index is 1140. The Morgan fingerprint density at radius 2 is 1.47 bits per heavy atom. The van der Waals surface area contributed by atoms with E-state index in [1.165, 1.54) is 24.3 Å². The second-order valence-corrected chi connectivity index (χ2v) is 8.17. The van der Waals surface area contributed by atoms with Crippen LogP contribution in [0.5, 0.6) is 0 Å². The van der Waals surface area contributed by atoms with Gasteiger partial charge in [-0.2, -0.15) is 0 Å². The highest BCUT2D eigenvalue weighted by molar-refractivity contribution is 7.93. The van der Waals surface area contributed by atoms with Gasteiger partial charge in [-0.1, -0.05) is 60.7 Å². The molecule has 30 heavy (non-hydrogen) atoms. The van der Waals surface area contributed by atoms with Crippen molar-refractivity contribution >= 4 is 27.3 Å². The quantitative estimate of drug-likeness (QED) is 0.440. The van der Waals surface area contributed by atoms with E-state index >= 15 is 0 Å². The van der Waals surface area contributed by atoms with Crippen molar-refractivity contribution in [2.24, 2.45) is 0 Å². The number of sulfonamides is 1. The molecule has 0 fully saturated rings. The molecule has 1 N–H and O–H groups in total. The predicted molar refractivity (Wildman–Crippen MR) is 112 cm³/mol. The number of benzene rings is 3. The van der Waals surface area contributed by atoms with E-state index in [4.69, 9.17) is 0 Å². The van der Waals surface area contributed by atoms with Gasteiger partial charge in [-0.3, -0.25) is 19.2 Å². The number of para-hydroxylation sites is 2. The maximum absolute atomic E-state index is 13.3. The first-order valence-corrected chi connectivity index (χ1v) is 10.5. The summed E-state index contributed by atoms with van der Waals surface area (Å²) in [5, 5.41) is 14.0. The lowest BCUT2D eigenvalue weighted by atomic mass is 10.2. The number of nitro benzene ring substituents is 1. The maximum Gasteiger partial charge on any atom is 0.289 e. The molecule has 9 heteroatoms. The molecule has 0 bridgehead atoms. The van der Waals surface area contributed by atoms with Crippen LogP contribution in [0.25, 0.3) is 0 Å². The van der Waals surface area contributed by atoms with Crippen molar-refractivity contribution in [3.8, 4) is 0 Å². The molecule has 3 aromatic rings. The van der Waals surface area contributed by atoms with Crippen LogP contribution in [0.1, 0.15) is 5.56 Å². The molecule has 8 nitrogen and oxygen atoms in total. The largest absolute Gasteiger partial charge is 0.350 e. The van der Waals surface area contributed by atoms with Crippen LogP contribution in [0.3, 0.4) is 0 Å². The fourth-order valence-electron chi connectivity index (χ4n) is 2.84. The number of anilines is 1. The van der Waals surface area contributed by atoms with Crippen molar-refractivity contribution < 1.29 is 18.1 Å². The van der Waals surface area contributed by atoms with Gasteiger partial charge in [-0.05, 0) is 23.8 Å². The number of carbonyl (C=O) groups excluding carboxylic acids is 1. The van der Waals surface area contributed by atoms with Crippen LogP contribution < -0.4 is 9.62 Å². The predicted octanol–water partition coefficient (Wildman–Crippen LogP) is 3.11. The summed E-state index contributed by atoms with van der Waals surface area (Å²) in [7, 11) is -4.38. The second kappa shape index (κ2) is 9.19. The minimum atomic E-state index is -4.38. The summed E-state index contributed by atoms with van der Waals surface area (Å²) in [6.07, 6.45) is 0. The first kappa shape index (κ1) is 21.0. The average molecular weight is 425 g/mol. The van der Waals surface area contributed by atoms with E-state index in [1.54, 1.807) is 18.2 Å². The molecule has 1 amide bonds. The van der Waals surface area contributed by atoms with E-state index in [1.807, 2.05) is 30.3 Å². The van der Waals surface area contributed by atoms with Crippen molar-refractivity contribution in [3.05, 3.63) is 101 Å². The molecular formula is C21H19N3O5S. The molecule has 0 saturated carbocycles. The van der Waals surface area contributed by atoms with Crippen LogP contribution in [-0.2, 0) is 21.4 Å². The number of amides is 1. The van der Waals surface area contributed by atoms with Crippen LogP contribution in [0.4, 0.5) is 11.4 Å². The number of nitro groups is 1. The van der Waals surface area contributed by atoms with Crippen LogP contribution in [0.2, 0.25) is 0 Å². The fraction of sp³-hybridized carbons (Fsp3) is 0.0952. The maximum atomic E-state index is 13.3. The highest BCUT2D eigenvalue weighted by Gasteiger charge is 2.32. The van der Waals surface area contributed by atoms with Gasteiger partial charge in [-0.25, -0.2) is 8.42 Å². The lowest BCUT2D eigenvalue weighted by molar-refractivity contribution is -0.387. The van der Waals surface area contributed by atoms with Gasteiger partial charge in [0.25, 0.3) is 15.7 Å². The minimum Gasteiger partial charge on any atom is -0.350 e. The molecule has 0 radical (unpaired) electrons. The van der Waals surface area contributed by atoms with Gasteiger partial charge in [0.2, 0.25) is 5.91 Å². The Balaban J connectivity index is 1.92. The van der Waals surface area contributed by atoms with Gasteiger partial charge in [0.1, 0.15) is 6.54 Å². The molecular weight excluding hydrogens is 406 g/mol. The summed E-state index contributed by atoms with van der Waals surface area (Å²) in [5.74, 6) is -0.537. The first-order chi connectivity index (χ1) is 14.4. The molecule has 0 aromatic heterocycles. The van der Waals surface area contributed by atoms with Gasteiger partial charge in [0, 0.05) is 12.6 Å². The fourth-order valence-corrected chi connectivity index (χ4v) is 4.42. The third-order valence-corrected chi connectivity index (χ3v) is 6.12. The number of hydrogen-bond acceptors (Lipinski definition) is 5. The Labute approximate surface area is 174 Å². The summed E-state index contributed by atoms with van der Waals surface area (Å²) in [6, 6.07) is 22.2. The highest BCUT2D eigenvalue weighted by Crippen LogP contribution is 2.29. The lowest BCUT2D eigenvalue weighted by Gasteiger charge is -2.24. The van der Waals surface area contributed by atoms with E-state index in [9.17, 15) is 23.3 Å². The first-order valence-electron chi connectivity index (χ1n) is 9.01. The third-order valence-electron chi connectivity index (χ3n) is 4.29. The Morgan fingerprint density at radius 3 is 2.10 bits per heavy atom. The summed E-state index contributed by atoms with van der Waals surface area (Å²) < 4.78 is 27.5. The van der Waals surface area contributed by atoms with Crippen molar-refractivity contribution in [3.63, 3.8) is 0 Å². The third kappa shape index (κ3) is 4.81. The van der Waals surface area contributed by atoms with Gasteiger partial charge >= 0.3 is 0 Å². The second-order valence-electron chi connectivity index (χ2n) is 6.33. The molecule has 3 rings (SSSR count). The molecule has 0 unspecified atom stereocenters. The number of nitrogens with zero attached hydrogens (tertiary/aromatic N) is 2. The van der Waals surface area contributed by atoms with E-state index in [-0.39, 0.29) is 12.2 Å². The molecule has 0 spiro atoms. The Hall–Kier alpha value is -3.72. The molecule has 3 aromatic carbocycles. The highest BCUT2D eigenvalue weighted by atomic mass is 32.2. The van der Waals surface area contributed by atoms with Gasteiger partial charge < -0.3 is 5.32 Å². The SMILES string of the molecule is O=C(CN(c1ccccc1)S(=O)(=O)c1ccccc1[N+](=O)[O-])NCc1ccccc1. The number of carbonyl (C=O) groups is 1. The number of nitrogens with one attached hydrogen (secondary N) is 1. The smallest absolute Gasteiger partial charge is 0.289 e.